The van der Waals surface area contributed by atoms with Crippen LogP contribution in [0.5, 0.6) is 5.75 Å². The average molecular weight is 831 g/mol. The number of alkyl halides is 6. The minimum Gasteiger partial charge on any atom is -0.492 e. The van der Waals surface area contributed by atoms with Crippen molar-refractivity contribution >= 4 is 52.1 Å². The highest BCUT2D eigenvalue weighted by Gasteiger charge is 2.73. The highest BCUT2D eigenvalue weighted by atomic mass is 19.4. The second-order valence-corrected chi connectivity index (χ2v) is 13.4. The lowest BCUT2D eigenvalue weighted by Crippen LogP contribution is -2.55. The molecule has 0 atom stereocenters. The summed E-state index contributed by atoms with van der Waals surface area (Å²) in [4.78, 5) is 64.2. The highest BCUT2D eigenvalue weighted by Crippen LogP contribution is 2.57. The Morgan fingerprint density at radius 2 is 1.20 bits per heavy atom. The van der Waals surface area contributed by atoms with E-state index >= 15 is 0 Å². The van der Waals surface area contributed by atoms with E-state index in [4.69, 9.17) is 4.74 Å². The summed E-state index contributed by atoms with van der Waals surface area (Å²) in [5.41, 5.74) is -8.10. The van der Waals surface area contributed by atoms with Crippen LogP contribution in [0.4, 0.5) is 54.8 Å². The van der Waals surface area contributed by atoms with E-state index in [-0.39, 0.29) is 18.0 Å². The molecule has 0 aliphatic carbocycles. The topological polar surface area (TPSA) is 164 Å². The zero-order valence-electron chi connectivity index (χ0n) is 30.9. The molecule has 0 unspecified atom stereocenters. The summed E-state index contributed by atoms with van der Waals surface area (Å²) in [6.45, 7) is 3.16. The minimum absolute atomic E-state index is 0.0247. The van der Waals surface area contributed by atoms with Crippen LogP contribution in [0.15, 0.2) is 119 Å². The van der Waals surface area contributed by atoms with Crippen LogP contribution in [0, 0.1) is 10.1 Å². The van der Waals surface area contributed by atoms with Crippen molar-refractivity contribution in [2.24, 2.45) is 10.2 Å². The maximum Gasteiger partial charge on any atom is 0.411 e. The Morgan fingerprint density at radius 3 is 1.75 bits per heavy atom. The van der Waals surface area contributed by atoms with Crippen LogP contribution < -0.4 is 19.9 Å². The van der Waals surface area contributed by atoms with E-state index in [9.17, 15) is 55.6 Å². The van der Waals surface area contributed by atoms with Gasteiger partial charge in [0.1, 0.15) is 12.4 Å². The second kappa shape index (κ2) is 15.4. The summed E-state index contributed by atoms with van der Waals surface area (Å²) in [5, 5.41) is 20.9. The van der Waals surface area contributed by atoms with Gasteiger partial charge in [-0.25, -0.2) is 4.90 Å². The number of carbonyl (C=O) groups excluding carboxylic acids is 4. The Morgan fingerprint density at radius 1 is 0.683 bits per heavy atom. The normalized spacial score (nSPS) is 14.1. The Hall–Kier alpha value is -7.44. The Balaban J connectivity index is 1.04. The molecule has 2 aliphatic heterocycles. The molecular weight excluding hydrogens is 802 g/mol. The van der Waals surface area contributed by atoms with Crippen molar-refractivity contribution in [2.45, 2.75) is 24.7 Å². The largest absolute Gasteiger partial charge is 0.492 e. The number of nitro benzene ring substituents is 1. The van der Waals surface area contributed by atoms with Crippen molar-refractivity contribution in [3.8, 4) is 5.75 Å². The number of fused-ring (bicyclic) bond motifs is 2. The van der Waals surface area contributed by atoms with E-state index in [1.807, 2.05) is 29.3 Å². The number of nitro groups is 1. The fourth-order valence-electron chi connectivity index (χ4n) is 7.01. The van der Waals surface area contributed by atoms with Gasteiger partial charge in [0.15, 0.2) is 0 Å². The van der Waals surface area contributed by atoms with Crippen molar-refractivity contribution in [3.05, 3.63) is 153 Å². The van der Waals surface area contributed by atoms with Crippen LogP contribution in [0.2, 0.25) is 0 Å². The first kappa shape index (κ1) is 40.7. The van der Waals surface area contributed by atoms with Crippen LogP contribution >= 0.6 is 0 Å². The van der Waals surface area contributed by atoms with Crippen molar-refractivity contribution in [3.63, 3.8) is 0 Å². The second-order valence-electron chi connectivity index (χ2n) is 13.4. The predicted molar refractivity (Wildman–Crippen MR) is 202 cm³/mol. The fraction of sp³-hybridized carbons (Fsp3) is 0.171. The molecule has 0 saturated carbocycles. The van der Waals surface area contributed by atoms with Gasteiger partial charge in [-0.05, 0) is 103 Å². The number of amides is 4. The summed E-state index contributed by atoms with van der Waals surface area (Å²) >= 11 is 0. The van der Waals surface area contributed by atoms with Crippen LogP contribution in [-0.4, -0.2) is 60.6 Å². The summed E-state index contributed by atoms with van der Waals surface area (Å²) in [5.74, 6) is -3.97. The number of imide groups is 2. The molecule has 0 saturated heterocycles. The smallest absolute Gasteiger partial charge is 0.411 e. The number of ether oxygens (including phenoxy) is 1. The molecule has 306 valence electrons. The first-order chi connectivity index (χ1) is 28.4. The van der Waals surface area contributed by atoms with Gasteiger partial charge in [0.05, 0.1) is 50.8 Å². The lowest BCUT2D eigenvalue weighted by molar-refractivity contribution is -0.384. The summed E-state index contributed by atoms with van der Waals surface area (Å²) in [6.07, 6.45) is -12.2. The van der Waals surface area contributed by atoms with E-state index in [0.717, 1.165) is 11.8 Å². The third-order valence-corrected chi connectivity index (χ3v) is 10.0. The number of carbonyl (C=O) groups is 4. The van der Waals surface area contributed by atoms with Gasteiger partial charge in [0.25, 0.3) is 29.3 Å². The van der Waals surface area contributed by atoms with Gasteiger partial charge in [0.2, 0.25) is 5.41 Å². The number of halogens is 6. The highest BCUT2D eigenvalue weighted by molar-refractivity contribution is 6.34. The number of nitrogens with one attached hydrogen (secondary N) is 1. The van der Waals surface area contributed by atoms with E-state index in [1.54, 1.807) is 12.1 Å². The quantitative estimate of drug-likeness (QED) is 0.0428. The van der Waals surface area contributed by atoms with Gasteiger partial charge in [0, 0.05) is 24.4 Å². The number of nitrogens with zero attached hydrogens (tertiary/aromatic N) is 5. The zero-order chi connectivity index (χ0) is 43.1. The minimum atomic E-state index is -6.08. The molecule has 4 amide bonds. The molecule has 0 aromatic heterocycles. The molecule has 2 heterocycles. The fourth-order valence-corrected chi connectivity index (χ4v) is 7.01. The molecule has 7 rings (SSSR count). The first-order valence-electron chi connectivity index (χ1n) is 17.9. The molecule has 5 aromatic carbocycles. The van der Waals surface area contributed by atoms with Crippen molar-refractivity contribution in [1.29, 1.82) is 0 Å². The molecule has 13 nitrogen and oxygen atoms in total. The number of benzene rings is 5. The lowest BCUT2D eigenvalue weighted by Gasteiger charge is -2.38. The van der Waals surface area contributed by atoms with E-state index in [1.165, 1.54) is 48.5 Å². The molecule has 2 aliphatic rings. The third-order valence-electron chi connectivity index (χ3n) is 10.0. The van der Waals surface area contributed by atoms with Crippen molar-refractivity contribution in [1.82, 2.24) is 5.32 Å². The number of anilines is 2. The summed E-state index contributed by atoms with van der Waals surface area (Å²) in [7, 11) is 0. The summed E-state index contributed by atoms with van der Waals surface area (Å²) < 4.78 is 95.5. The molecule has 0 fully saturated rings. The average Bonchev–Trinajstić information content (AvgIpc) is 3.64. The van der Waals surface area contributed by atoms with E-state index in [2.05, 4.69) is 10.2 Å². The number of rotatable bonds is 12. The maximum absolute atomic E-state index is 14.9. The van der Waals surface area contributed by atoms with Crippen LogP contribution in [0.3, 0.4) is 0 Å². The van der Waals surface area contributed by atoms with Gasteiger partial charge in [-0.2, -0.15) is 36.6 Å². The van der Waals surface area contributed by atoms with Crippen molar-refractivity contribution in [2.75, 3.05) is 29.5 Å². The Labute approximate surface area is 335 Å². The molecule has 1 N–H and O–H groups in total. The predicted octanol–water partition coefficient (Wildman–Crippen LogP) is 9.01. The van der Waals surface area contributed by atoms with Crippen molar-refractivity contribution < 1.29 is 55.2 Å². The Bertz CT molecular complexity index is 2560. The van der Waals surface area contributed by atoms with Gasteiger partial charge in [-0.15, -0.1) is 0 Å². The monoisotopic (exact) mass is 830 g/mol. The zero-order valence-corrected chi connectivity index (χ0v) is 30.9. The van der Waals surface area contributed by atoms with Gasteiger partial charge < -0.3 is 9.64 Å². The SMILES string of the molecule is CCN(CCOc1ccc(N2C(=O)c3ccc(C(c4ccc5c(c4)C(=O)NC5=O)(C(F)(F)F)C(F)(F)F)cc3C2=O)cc1)c1ccc(N=Nc2ccc([N+](=O)[O-])cc2)cc1. The summed E-state index contributed by atoms with van der Waals surface area (Å²) in [6, 6.07) is 21.4. The molecule has 19 heteroatoms. The number of azo groups is 1. The maximum atomic E-state index is 14.9. The first-order valence-corrected chi connectivity index (χ1v) is 17.9. The van der Waals surface area contributed by atoms with Gasteiger partial charge >= 0.3 is 12.4 Å². The molecule has 0 radical (unpaired) electrons. The number of hydrogen-bond acceptors (Lipinski definition) is 10. The molecule has 60 heavy (non-hydrogen) atoms. The van der Waals surface area contributed by atoms with Gasteiger partial charge in [-0.1, -0.05) is 12.1 Å². The number of likely N-dealkylation sites (N-methyl/N-ethyl adjacent to an activating group) is 1. The molecular formula is C41H28F6N6O7. The molecule has 0 spiro atoms. The third kappa shape index (κ3) is 7.18. The number of non-ortho nitro benzene ring substituents is 1. The van der Waals surface area contributed by atoms with Crippen LogP contribution in [-0.2, 0) is 5.41 Å². The number of hydrogen-bond donors (Lipinski definition) is 1. The van der Waals surface area contributed by atoms with Crippen LogP contribution in [0.25, 0.3) is 0 Å². The molecule has 5 aromatic rings. The van der Waals surface area contributed by atoms with E-state index < -0.39 is 79.7 Å². The molecule has 0 bridgehead atoms. The van der Waals surface area contributed by atoms with Crippen LogP contribution in [0.1, 0.15) is 59.5 Å². The Kier molecular flexibility index (Phi) is 10.4. The standard InChI is InChI=1S/C41H28F6N6O7/c1-2-51(27-9-5-25(6-10-27)49-50-26-7-11-29(12-8-26)53(58)59)19-20-60-30-15-13-28(14-16-30)52-37(56)32-18-4-24(22-34(32)38(52)57)39(40(42,43)44,41(45,46)47)23-3-17-31-33(21-23)36(55)48-35(31)54/h3-18,21-22H,2,19-20H2,1H3,(H,48,54,55). The van der Waals surface area contributed by atoms with Gasteiger partial charge in [-0.3, -0.25) is 34.6 Å². The lowest BCUT2D eigenvalue weighted by atomic mass is 9.71. The van der Waals surface area contributed by atoms with E-state index in [0.29, 0.717) is 65.4 Å².